The molecule has 1 fully saturated rings. The van der Waals surface area contributed by atoms with Gasteiger partial charge in [-0.25, -0.2) is 0 Å². The van der Waals surface area contributed by atoms with Crippen LogP contribution in [0, 0.1) is 5.92 Å². The second kappa shape index (κ2) is 5.19. The Morgan fingerprint density at radius 1 is 1.33 bits per heavy atom. The van der Waals surface area contributed by atoms with Crippen LogP contribution < -0.4 is 5.32 Å². The summed E-state index contributed by atoms with van der Waals surface area (Å²) >= 11 is 0. The molecule has 1 N–H and O–H groups in total. The quantitative estimate of drug-likeness (QED) is 0.885. The van der Waals surface area contributed by atoms with Crippen LogP contribution in [-0.4, -0.2) is 23.9 Å². The van der Waals surface area contributed by atoms with Crippen molar-refractivity contribution >= 4 is 5.78 Å². The van der Waals surface area contributed by atoms with Crippen LogP contribution in [0.3, 0.4) is 0 Å². The van der Waals surface area contributed by atoms with Crippen molar-refractivity contribution in [2.24, 2.45) is 5.92 Å². The Morgan fingerprint density at radius 2 is 2.17 bits per heavy atom. The standard InChI is InChI=1S/C15H20N2O/c18-14(10-11-5-8-16-9-6-11)13-4-3-12-2-1-7-17-15(12)13/h1-2,7,11,13,16H,3-6,8-10H2. The molecule has 1 aliphatic heterocycles. The first-order valence-corrected chi connectivity index (χ1v) is 7.02. The lowest BCUT2D eigenvalue weighted by atomic mass is 9.87. The third-order valence-electron chi connectivity index (χ3n) is 4.30. The predicted octanol–water partition coefficient (Wildman–Crippen LogP) is 2.07. The van der Waals surface area contributed by atoms with Gasteiger partial charge in [0.25, 0.3) is 0 Å². The van der Waals surface area contributed by atoms with Crippen molar-refractivity contribution in [3.63, 3.8) is 0 Å². The van der Waals surface area contributed by atoms with E-state index in [9.17, 15) is 4.79 Å². The minimum absolute atomic E-state index is 0.0797. The molecule has 0 spiro atoms. The van der Waals surface area contributed by atoms with Crippen molar-refractivity contribution in [1.82, 2.24) is 10.3 Å². The normalized spacial score (nSPS) is 23.9. The molecule has 0 aromatic carbocycles. The lowest BCUT2D eigenvalue weighted by Crippen LogP contribution is -2.29. The Hall–Kier alpha value is -1.22. The Balaban J connectivity index is 1.67. The highest BCUT2D eigenvalue weighted by atomic mass is 16.1. The summed E-state index contributed by atoms with van der Waals surface area (Å²) in [5.41, 5.74) is 2.33. The number of carbonyl (C=O) groups is 1. The molecule has 1 aliphatic carbocycles. The summed E-state index contributed by atoms with van der Waals surface area (Å²) in [6.07, 6.45) is 6.85. The van der Waals surface area contributed by atoms with Gasteiger partial charge in [0.15, 0.2) is 0 Å². The Kier molecular flexibility index (Phi) is 3.41. The summed E-state index contributed by atoms with van der Waals surface area (Å²) in [7, 11) is 0. The lowest BCUT2D eigenvalue weighted by Gasteiger charge is -2.23. The van der Waals surface area contributed by atoms with E-state index < -0.39 is 0 Å². The van der Waals surface area contributed by atoms with Gasteiger partial charge in [-0.2, -0.15) is 0 Å². The molecular weight excluding hydrogens is 224 g/mol. The monoisotopic (exact) mass is 244 g/mol. The summed E-state index contributed by atoms with van der Waals surface area (Å²) in [6.45, 7) is 2.13. The molecule has 1 aromatic rings. The van der Waals surface area contributed by atoms with E-state index in [2.05, 4.69) is 16.4 Å². The Bertz CT molecular complexity index is 438. The van der Waals surface area contributed by atoms with Crippen LogP contribution in [0.15, 0.2) is 18.3 Å². The zero-order chi connectivity index (χ0) is 12.4. The second-order valence-corrected chi connectivity index (χ2v) is 5.50. The number of fused-ring (bicyclic) bond motifs is 1. The molecule has 96 valence electrons. The Labute approximate surface area is 108 Å². The minimum Gasteiger partial charge on any atom is -0.317 e. The highest BCUT2D eigenvalue weighted by Crippen LogP contribution is 2.34. The van der Waals surface area contributed by atoms with Gasteiger partial charge in [0.1, 0.15) is 5.78 Å². The number of piperidine rings is 1. The number of hydrogen-bond donors (Lipinski definition) is 1. The first-order valence-electron chi connectivity index (χ1n) is 7.02. The predicted molar refractivity (Wildman–Crippen MR) is 70.5 cm³/mol. The van der Waals surface area contributed by atoms with Gasteiger partial charge in [-0.1, -0.05) is 6.07 Å². The molecule has 0 bridgehead atoms. The lowest BCUT2D eigenvalue weighted by molar-refractivity contribution is -0.121. The minimum atomic E-state index is 0.0797. The number of aromatic nitrogens is 1. The molecule has 3 nitrogen and oxygen atoms in total. The molecular formula is C15H20N2O. The summed E-state index contributed by atoms with van der Waals surface area (Å²) in [4.78, 5) is 16.8. The van der Waals surface area contributed by atoms with Crippen LogP contribution in [-0.2, 0) is 11.2 Å². The first kappa shape index (κ1) is 11.8. The molecule has 18 heavy (non-hydrogen) atoms. The van der Waals surface area contributed by atoms with Gasteiger partial charge in [-0.15, -0.1) is 0 Å². The first-order chi connectivity index (χ1) is 8.84. The van der Waals surface area contributed by atoms with E-state index >= 15 is 0 Å². The van der Waals surface area contributed by atoms with Gasteiger partial charge in [-0.05, 0) is 56.3 Å². The van der Waals surface area contributed by atoms with Crippen LogP contribution in [0.2, 0.25) is 0 Å². The maximum absolute atomic E-state index is 12.4. The number of hydrogen-bond acceptors (Lipinski definition) is 3. The number of Topliss-reactive ketones (excluding diaryl/α,β-unsaturated/α-hetero) is 1. The van der Waals surface area contributed by atoms with E-state index in [1.54, 1.807) is 0 Å². The van der Waals surface area contributed by atoms with Crippen molar-refractivity contribution in [2.75, 3.05) is 13.1 Å². The zero-order valence-corrected chi connectivity index (χ0v) is 10.7. The molecule has 2 aliphatic rings. The number of pyridine rings is 1. The molecule has 1 aromatic heterocycles. The SMILES string of the molecule is O=C(CC1CCNCC1)C1CCc2cccnc21. The Morgan fingerprint density at radius 3 is 3.00 bits per heavy atom. The molecule has 0 radical (unpaired) electrons. The van der Waals surface area contributed by atoms with Crippen LogP contribution in [0.25, 0.3) is 0 Å². The van der Waals surface area contributed by atoms with Crippen LogP contribution in [0.4, 0.5) is 0 Å². The van der Waals surface area contributed by atoms with Crippen molar-refractivity contribution in [1.29, 1.82) is 0 Å². The average Bonchev–Trinajstić information content (AvgIpc) is 2.84. The van der Waals surface area contributed by atoms with E-state index in [-0.39, 0.29) is 5.92 Å². The van der Waals surface area contributed by atoms with E-state index in [1.165, 1.54) is 5.56 Å². The van der Waals surface area contributed by atoms with Crippen LogP contribution >= 0.6 is 0 Å². The number of nitrogens with one attached hydrogen (secondary N) is 1. The number of ketones is 1. The van der Waals surface area contributed by atoms with Gasteiger partial charge >= 0.3 is 0 Å². The van der Waals surface area contributed by atoms with E-state index in [1.807, 2.05) is 12.3 Å². The third-order valence-corrected chi connectivity index (χ3v) is 4.30. The molecule has 3 heteroatoms. The molecule has 0 amide bonds. The van der Waals surface area contributed by atoms with Gasteiger partial charge < -0.3 is 5.32 Å². The van der Waals surface area contributed by atoms with Crippen molar-refractivity contribution in [3.8, 4) is 0 Å². The van der Waals surface area contributed by atoms with E-state index in [4.69, 9.17) is 0 Å². The van der Waals surface area contributed by atoms with Crippen molar-refractivity contribution < 1.29 is 4.79 Å². The fourth-order valence-corrected chi connectivity index (χ4v) is 3.24. The maximum Gasteiger partial charge on any atom is 0.142 e. The smallest absolute Gasteiger partial charge is 0.142 e. The van der Waals surface area contributed by atoms with Crippen LogP contribution in [0.1, 0.15) is 42.9 Å². The molecule has 3 rings (SSSR count). The second-order valence-electron chi connectivity index (χ2n) is 5.50. The molecule has 2 heterocycles. The molecule has 1 saturated heterocycles. The summed E-state index contributed by atoms with van der Waals surface area (Å²) in [5, 5.41) is 3.35. The zero-order valence-electron chi connectivity index (χ0n) is 10.7. The highest BCUT2D eigenvalue weighted by Gasteiger charge is 2.31. The topological polar surface area (TPSA) is 42.0 Å². The largest absolute Gasteiger partial charge is 0.317 e. The number of aryl methyl sites for hydroxylation is 1. The third kappa shape index (κ3) is 2.32. The van der Waals surface area contributed by atoms with E-state index in [0.29, 0.717) is 11.7 Å². The summed E-state index contributed by atoms with van der Waals surface area (Å²) in [6, 6.07) is 4.08. The number of carbonyl (C=O) groups excluding carboxylic acids is 1. The number of rotatable bonds is 3. The molecule has 1 atom stereocenters. The van der Waals surface area contributed by atoms with Gasteiger partial charge in [0.2, 0.25) is 0 Å². The van der Waals surface area contributed by atoms with Gasteiger partial charge in [-0.3, -0.25) is 9.78 Å². The van der Waals surface area contributed by atoms with Gasteiger partial charge in [0.05, 0.1) is 11.6 Å². The average molecular weight is 244 g/mol. The van der Waals surface area contributed by atoms with Gasteiger partial charge in [0, 0.05) is 12.6 Å². The van der Waals surface area contributed by atoms with Crippen molar-refractivity contribution in [3.05, 3.63) is 29.6 Å². The van der Waals surface area contributed by atoms with Crippen molar-refractivity contribution in [2.45, 2.75) is 38.0 Å². The highest BCUT2D eigenvalue weighted by molar-refractivity contribution is 5.86. The molecule has 0 saturated carbocycles. The number of nitrogens with zero attached hydrogens (tertiary/aromatic N) is 1. The maximum atomic E-state index is 12.4. The fourth-order valence-electron chi connectivity index (χ4n) is 3.24. The molecule has 1 unspecified atom stereocenters. The summed E-state index contributed by atoms with van der Waals surface area (Å²) in [5.74, 6) is 1.09. The summed E-state index contributed by atoms with van der Waals surface area (Å²) < 4.78 is 0. The fraction of sp³-hybridized carbons (Fsp3) is 0.600. The van der Waals surface area contributed by atoms with Crippen LogP contribution in [0.5, 0.6) is 0 Å². The van der Waals surface area contributed by atoms with E-state index in [0.717, 1.165) is 50.9 Å².